The van der Waals surface area contributed by atoms with Crippen molar-refractivity contribution in [2.45, 2.75) is 95.0 Å². The summed E-state index contributed by atoms with van der Waals surface area (Å²) in [6.45, 7) is 2.49. The van der Waals surface area contributed by atoms with E-state index < -0.39 is 88.4 Å². The van der Waals surface area contributed by atoms with Crippen molar-refractivity contribution in [1.82, 2.24) is 5.32 Å². The molecule has 0 bridgehead atoms. The Morgan fingerprint density at radius 2 is 1.80 bits per heavy atom. The van der Waals surface area contributed by atoms with E-state index in [9.17, 15) is 44.1 Å². The highest BCUT2D eigenvalue weighted by atomic mass is 79.9. The van der Waals surface area contributed by atoms with Gasteiger partial charge in [-0.25, -0.2) is 4.39 Å². The normalized spacial score (nSPS) is 33.1. The van der Waals surface area contributed by atoms with Crippen LogP contribution in [0.15, 0.2) is 72.3 Å². The molecule has 2 aromatic rings. The summed E-state index contributed by atoms with van der Waals surface area (Å²) < 4.78 is 30.9. The minimum Gasteiger partial charge on any atom is -0.481 e. The average molecular weight is 894 g/mol. The number of carbonyl (C=O) groups excluding carboxylic acids is 5. The number of alkyl halides is 2. The molecule has 4 fully saturated rings. The van der Waals surface area contributed by atoms with Crippen molar-refractivity contribution in [3.8, 4) is 0 Å². The zero-order valence-electron chi connectivity index (χ0n) is 33.5. The quantitative estimate of drug-likeness (QED) is 0.153. The van der Waals surface area contributed by atoms with Gasteiger partial charge in [-0.15, -0.1) is 0 Å². The molecule has 0 spiro atoms. The van der Waals surface area contributed by atoms with Crippen LogP contribution in [0.4, 0.5) is 10.1 Å². The molecule has 2 amide bonds. The molecule has 15 heteroatoms. The van der Waals surface area contributed by atoms with Gasteiger partial charge < -0.3 is 35.4 Å². The molecular formula is C45H50BrFN2O11. The Morgan fingerprint density at radius 1 is 1.05 bits per heavy atom. The lowest BCUT2D eigenvalue weighted by atomic mass is 9.44. The van der Waals surface area contributed by atoms with E-state index in [0.717, 1.165) is 11.1 Å². The molecule has 3 saturated carbocycles. The van der Waals surface area contributed by atoms with E-state index in [1.54, 1.807) is 31.2 Å². The maximum atomic E-state index is 17.7. The Hall–Kier alpha value is -4.41. The SMILES string of the molecule is C[C@]12C=CC(=O)C=C1CC[C@H]1[C@@H]3C[C@H]4O[C@@H](c5ccc(Cc6cccc(NC(=O)[C@H](CCC(=O)O)CC(=O)CNC(=O)CBr)c6)cc5)O[C@@]4(C(=O)CO)[C@@]3(C)C[C@H](O)[C@@]12F. The van der Waals surface area contributed by atoms with Gasteiger partial charge >= 0.3 is 5.97 Å². The van der Waals surface area contributed by atoms with Gasteiger partial charge in [-0.05, 0) is 86.8 Å². The van der Waals surface area contributed by atoms with Gasteiger partial charge in [0.05, 0.1) is 24.1 Å². The number of amides is 2. The molecule has 320 valence electrons. The van der Waals surface area contributed by atoms with E-state index in [4.69, 9.17) is 9.47 Å². The second-order valence-electron chi connectivity index (χ2n) is 17.3. The van der Waals surface area contributed by atoms with Crippen LogP contribution in [0, 0.1) is 28.6 Å². The van der Waals surface area contributed by atoms with Gasteiger partial charge in [0.1, 0.15) is 6.61 Å². The van der Waals surface area contributed by atoms with Crippen LogP contribution >= 0.6 is 15.9 Å². The summed E-state index contributed by atoms with van der Waals surface area (Å²) >= 11 is 3.00. The van der Waals surface area contributed by atoms with Gasteiger partial charge in [0, 0.05) is 46.8 Å². The first-order valence-electron chi connectivity index (χ1n) is 20.3. The number of nitrogens with one attached hydrogen (secondary N) is 2. The molecule has 7 rings (SSSR count). The maximum absolute atomic E-state index is 17.7. The molecule has 0 aromatic heterocycles. The van der Waals surface area contributed by atoms with Crippen LogP contribution < -0.4 is 10.6 Å². The minimum atomic E-state index is -2.10. The number of ether oxygens (including phenoxy) is 2. The predicted molar refractivity (Wildman–Crippen MR) is 218 cm³/mol. The third-order valence-electron chi connectivity index (χ3n) is 13.9. The summed E-state index contributed by atoms with van der Waals surface area (Å²) in [5.41, 5.74) is -2.51. The smallest absolute Gasteiger partial charge is 0.303 e. The fourth-order valence-corrected chi connectivity index (χ4v) is 11.2. The Bertz CT molecular complexity index is 2140. The second kappa shape index (κ2) is 16.8. The molecule has 1 saturated heterocycles. The lowest BCUT2D eigenvalue weighted by Crippen LogP contribution is -2.69. The lowest BCUT2D eigenvalue weighted by molar-refractivity contribution is -0.231. The van der Waals surface area contributed by atoms with Crippen LogP contribution in [0.5, 0.6) is 0 Å². The number of hydrogen-bond acceptors (Lipinski definition) is 10. The third-order valence-corrected chi connectivity index (χ3v) is 14.5. The largest absolute Gasteiger partial charge is 0.481 e. The van der Waals surface area contributed by atoms with Gasteiger partial charge in [0.15, 0.2) is 34.9 Å². The summed E-state index contributed by atoms with van der Waals surface area (Å²) in [5.74, 6) is -5.19. The monoisotopic (exact) mass is 892 g/mol. The number of carbonyl (C=O) groups is 6. The first-order valence-corrected chi connectivity index (χ1v) is 21.4. The highest BCUT2D eigenvalue weighted by Gasteiger charge is 2.79. The number of aliphatic carboxylic acids is 1. The molecular weight excluding hydrogens is 843 g/mol. The molecule has 5 aliphatic rings. The number of halogens is 2. The standard InChI is InChI=1S/C45H50BrFN2O11/c1-42-15-14-31(51)19-29(42)11-12-33-34-20-37-45(36(54)24-50,43(34,2)21-35(53)44(33,42)47)60-41(59-37)27-8-6-25(7-9-27)16-26-4-3-5-30(17-26)49-40(58)28(10-13-39(56)57)18-32(52)23-48-38(55)22-46/h3-9,14-15,17,19,28,33-35,37,41,50,53H,10-13,16,18,20-24H2,1-2H3,(H,48,55)(H,49,58)(H,56,57)/t28-,33+,34+,35+,37-,41-,42+,43+,44+,45-/m1/s1. The van der Waals surface area contributed by atoms with Gasteiger partial charge in [-0.1, -0.05) is 70.9 Å². The molecule has 0 radical (unpaired) electrons. The molecule has 1 heterocycles. The van der Waals surface area contributed by atoms with Crippen molar-refractivity contribution in [2.75, 3.05) is 23.8 Å². The van der Waals surface area contributed by atoms with E-state index in [1.165, 1.54) is 12.2 Å². The van der Waals surface area contributed by atoms with E-state index in [1.807, 2.05) is 37.3 Å². The number of allylic oxidation sites excluding steroid dienone is 4. The van der Waals surface area contributed by atoms with Crippen molar-refractivity contribution >= 4 is 56.8 Å². The topological polar surface area (TPSA) is 206 Å². The molecule has 1 aliphatic heterocycles. The molecule has 60 heavy (non-hydrogen) atoms. The summed E-state index contributed by atoms with van der Waals surface area (Å²) in [6, 6.07) is 14.5. The van der Waals surface area contributed by atoms with Gasteiger partial charge in [0.2, 0.25) is 11.8 Å². The number of Topliss-reactive ketones (excluding diaryl/α,β-unsaturated/α-hetero) is 2. The molecule has 13 nitrogen and oxygen atoms in total. The number of rotatable bonds is 15. The first kappa shape index (κ1) is 43.7. The number of fused-ring (bicyclic) bond motifs is 7. The van der Waals surface area contributed by atoms with Crippen LogP contribution in [0.2, 0.25) is 0 Å². The number of ketones is 3. The molecule has 2 aromatic carbocycles. The van der Waals surface area contributed by atoms with E-state index >= 15 is 4.39 Å². The molecule has 4 aliphatic carbocycles. The van der Waals surface area contributed by atoms with Crippen LogP contribution in [0.3, 0.4) is 0 Å². The van der Waals surface area contributed by atoms with Gasteiger partial charge in [0.25, 0.3) is 0 Å². The number of benzene rings is 2. The number of anilines is 1. The number of carboxylic acid groups (broad SMARTS) is 1. The van der Waals surface area contributed by atoms with E-state index in [0.29, 0.717) is 36.1 Å². The fourth-order valence-electron chi connectivity index (χ4n) is 11.0. The Morgan fingerprint density at radius 3 is 2.50 bits per heavy atom. The van der Waals surface area contributed by atoms with Crippen LogP contribution in [0.25, 0.3) is 0 Å². The highest BCUT2D eigenvalue weighted by molar-refractivity contribution is 9.09. The van der Waals surface area contributed by atoms with Crippen LogP contribution in [0.1, 0.15) is 81.8 Å². The van der Waals surface area contributed by atoms with Crippen molar-refractivity contribution in [1.29, 1.82) is 0 Å². The van der Waals surface area contributed by atoms with Gasteiger partial charge in [-0.2, -0.15) is 0 Å². The second-order valence-corrected chi connectivity index (χ2v) is 17.8. The van der Waals surface area contributed by atoms with Crippen molar-refractivity contribution in [3.63, 3.8) is 0 Å². The Labute approximate surface area is 355 Å². The summed E-state index contributed by atoms with van der Waals surface area (Å²) in [6.07, 6.45) is 2.05. The zero-order chi connectivity index (χ0) is 43.2. The van der Waals surface area contributed by atoms with Gasteiger partial charge in [-0.3, -0.25) is 28.8 Å². The van der Waals surface area contributed by atoms with Crippen molar-refractivity contribution in [2.24, 2.45) is 28.6 Å². The van der Waals surface area contributed by atoms with Crippen molar-refractivity contribution < 1.29 is 58.0 Å². The number of aliphatic hydroxyl groups excluding tert-OH is 2. The Kier molecular flexibility index (Phi) is 12.2. The summed E-state index contributed by atoms with van der Waals surface area (Å²) in [4.78, 5) is 74.7. The number of aliphatic hydroxyl groups is 2. The Balaban J connectivity index is 1.04. The molecule has 0 unspecified atom stereocenters. The predicted octanol–water partition coefficient (Wildman–Crippen LogP) is 4.86. The van der Waals surface area contributed by atoms with Crippen LogP contribution in [-0.4, -0.2) is 92.4 Å². The molecule has 5 N–H and O–H groups in total. The number of hydrogen-bond donors (Lipinski definition) is 5. The van der Waals surface area contributed by atoms with E-state index in [-0.39, 0.29) is 55.7 Å². The first-order chi connectivity index (χ1) is 28.5. The fraction of sp³-hybridized carbons (Fsp3) is 0.511. The molecule has 10 atom stereocenters. The number of carboxylic acids is 1. The summed E-state index contributed by atoms with van der Waals surface area (Å²) in [7, 11) is 0. The highest BCUT2D eigenvalue weighted by Crippen LogP contribution is 2.72. The average Bonchev–Trinajstić information content (AvgIpc) is 3.72. The van der Waals surface area contributed by atoms with Crippen LogP contribution in [-0.2, 0) is 44.7 Å². The minimum absolute atomic E-state index is 0.0166. The zero-order valence-corrected chi connectivity index (χ0v) is 35.0. The maximum Gasteiger partial charge on any atom is 0.303 e. The third kappa shape index (κ3) is 7.50. The summed E-state index contributed by atoms with van der Waals surface area (Å²) in [5, 5.41) is 36.6. The lowest BCUT2D eigenvalue weighted by Gasteiger charge is -2.62. The van der Waals surface area contributed by atoms with Crippen molar-refractivity contribution in [3.05, 3.63) is 89.0 Å². The van der Waals surface area contributed by atoms with E-state index in [2.05, 4.69) is 26.6 Å².